The first-order valence-corrected chi connectivity index (χ1v) is 9.50. The number of para-hydroxylation sites is 1. The fourth-order valence-corrected chi connectivity index (χ4v) is 4.05. The summed E-state index contributed by atoms with van der Waals surface area (Å²) in [6.07, 6.45) is 0.250. The van der Waals surface area contributed by atoms with Gasteiger partial charge in [-0.2, -0.15) is 0 Å². The number of hydrogen-bond acceptors (Lipinski definition) is 4. The third-order valence-electron chi connectivity index (χ3n) is 5.77. The van der Waals surface area contributed by atoms with E-state index in [1.54, 1.807) is 0 Å². The Morgan fingerprint density at radius 3 is 2.07 bits per heavy atom. The number of rotatable bonds is 4. The van der Waals surface area contributed by atoms with Crippen LogP contribution in [0.5, 0.6) is 0 Å². The molecule has 0 bridgehead atoms. The van der Waals surface area contributed by atoms with Crippen molar-refractivity contribution in [3.63, 3.8) is 0 Å². The maximum atomic E-state index is 13.1. The number of piperazine rings is 1. The smallest absolute Gasteiger partial charge is 0.241 e. The Hall–Kier alpha value is -2.66. The van der Waals surface area contributed by atoms with Crippen molar-refractivity contribution in [2.24, 2.45) is 0 Å². The molecule has 5 heteroatoms. The number of carbonyl (C=O) groups is 2. The fraction of sp³-hybridized carbons (Fsp3) is 0.364. The van der Waals surface area contributed by atoms with Gasteiger partial charge in [-0.3, -0.25) is 19.4 Å². The lowest BCUT2D eigenvalue weighted by atomic mass is 9.81. The summed E-state index contributed by atoms with van der Waals surface area (Å²) in [5.74, 6) is -0.152. The summed E-state index contributed by atoms with van der Waals surface area (Å²) in [6, 6.07) is 20.0. The van der Waals surface area contributed by atoms with Crippen molar-refractivity contribution < 1.29 is 9.59 Å². The van der Waals surface area contributed by atoms with E-state index < -0.39 is 5.41 Å². The summed E-state index contributed by atoms with van der Waals surface area (Å²) in [4.78, 5) is 31.7. The van der Waals surface area contributed by atoms with Crippen molar-refractivity contribution in [3.05, 3.63) is 66.2 Å². The number of anilines is 1. The van der Waals surface area contributed by atoms with E-state index in [1.165, 1.54) is 10.6 Å². The summed E-state index contributed by atoms with van der Waals surface area (Å²) in [5, 5.41) is 0. The second-order valence-corrected chi connectivity index (χ2v) is 7.58. The van der Waals surface area contributed by atoms with E-state index in [2.05, 4.69) is 21.9 Å². The molecule has 0 N–H and O–H groups in total. The topological polar surface area (TPSA) is 43.9 Å². The third kappa shape index (κ3) is 3.35. The molecule has 0 aromatic heterocycles. The predicted octanol–water partition coefficient (Wildman–Crippen LogP) is 2.48. The molecule has 5 nitrogen and oxygen atoms in total. The molecule has 140 valence electrons. The van der Waals surface area contributed by atoms with Crippen molar-refractivity contribution in [2.45, 2.75) is 18.8 Å². The van der Waals surface area contributed by atoms with Crippen LogP contribution in [-0.2, 0) is 15.0 Å². The maximum absolute atomic E-state index is 13.1. The molecule has 0 radical (unpaired) electrons. The second-order valence-electron chi connectivity index (χ2n) is 7.58. The Kier molecular flexibility index (Phi) is 4.70. The van der Waals surface area contributed by atoms with Crippen molar-refractivity contribution >= 4 is 17.5 Å². The monoisotopic (exact) mass is 363 g/mol. The van der Waals surface area contributed by atoms with Crippen LogP contribution < -0.4 is 4.90 Å². The van der Waals surface area contributed by atoms with E-state index in [1.807, 2.05) is 55.5 Å². The van der Waals surface area contributed by atoms with Crippen LogP contribution in [0, 0.1) is 0 Å². The van der Waals surface area contributed by atoms with Crippen molar-refractivity contribution in [3.8, 4) is 0 Å². The fourth-order valence-electron chi connectivity index (χ4n) is 4.05. The molecule has 4 rings (SSSR count). The first kappa shape index (κ1) is 17.7. The lowest BCUT2D eigenvalue weighted by Gasteiger charge is -2.37. The highest BCUT2D eigenvalue weighted by atomic mass is 16.2. The zero-order valence-corrected chi connectivity index (χ0v) is 15.7. The molecule has 27 heavy (non-hydrogen) atoms. The molecular weight excluding hydrogens is 338 g/mol. The van der Waals surface area contributed by atoms with Gasteiger partial charge in [-0.05, 0) is 24.6 Å². The lowest BCUT2D eigenvalue weighted by Crippen LogP contribution is -2.51. The van der Waals surface area contributed by atoms with Crippen molar-refractivity contribution in [2.75, 3.05) is 37.7 Å². The van der Waals surface area contributed by atoms with E-state index >= 15 is 0 Å². The zero-order chi connectivity index (χ0) is 18.9. The standard InChI is InChI=1S/C22H25N3O2/c1-22(18-8-4-2-5-9-18)16-20(26)25(21(22)27)17-23-12-14-24(15-13-23)19-10-6-3-7-11-19/h2-11H,12-17H2,1H3. The van der Waals surface area contributed by atoms with E-state index in [9.17, 15) is 9.59 Å². The van der Waals surface area contributed by atoms with Gasteiger partial charge in [0.05, 0.1) is 12.1 Å². The van der Waals surface area contributed by atoms with Crippen LogP contribution in [0.4, 0.5) is 5.69 Å². The highest BCUT2D eigenvalue weighted by Crippen LogP contribution is 2.36. The predicted molar refractivity (Wildman–Crippen MR) is 105 cm³/mol. The van der Waals surface area contributed by atoms with E-state index in [-0.39, 0.29) is 18.2 Å². The van der Waals surface area contributed by atoms with Gasteiger partial charge in [0.1, 0.15) is 0 Å². The number of amides is 2. The highest BCUT2D eigenvalue weighted by molar-refractivity contribution is 6.08. The van der Waals surface area contributed by atoms with Gasteiger partial charge in [0.25, 0.3) is 0 Å². The molecule has 2 heterocycles. The maximum Gasteiger partial charge on any atom is 0.241 e. The van der Waals surface area contributed by atoms with Crippen LogP contribution in [0.1, 0.15) is 18.9 Å². The molecule has 2 amide bonds. The van der Waals surface area contributed by atoms with Crippen LogP contribution >= 0.6 is 0 Å². The van der Waals surface area contributed by atoms with Gasteiger partial charge < -0.3 is 4.90 Å². The average molecular weight is 363 g/mol. The molecule has 2 aliphatic heterocycles. The number of benzene rings is 2. The Labute approximate surface area is 160 Å². The Morgan fingerprint density at radius 1 is 0.852 bits per heavy atom. The van der Waals surface area contributed by atoms with Crippen molar-refractivity contribution in [1.29, 1.82) is 0 Å². The quantitative estimate of drug-likeness (QED) is 0.783. The summed E-state index contributed by atoms with van der Waals surface area (Å²) in [6.45, 7) is 5.76. The number of likely N-dealkylation sites (tertiary alicyclic amines) is 1. The van der Waals surface area contributed by atoms with Gasteiger partial charge in [0.2, 0.25) is 11.8 Å². The Morgan fingerprint density at radius 2 is 1.44 bits per heavy atom. The number of nitrogens with zero attached hydrogens (tertiary/aromatic N) is 3. The van der Waals surface area contributed by atoms with E-state index in [4.69, 9.17) is 0 Å². The SMILES string of the molecule is CC1(c2ccccc2)CC(=O)N(CN2CCN(c3ccccc3)CC2)C1=O. The van der Waals surface area contributed by atoms with Gasteiger partial charge in [-0.25, -0.2) is 0 Å². The largest absolute Gasteiger partial charge is 0.369 e. The molecule has 2 aliphatic rings. The van der Waals surface area contributed by atoms with Gasteiger partial charge in [-0.15, -0.1) is 0 Å². The van der Waals surface area contributed by atoms with Crippen LogP contribution in [0.2, 0.25) is 0 Å². The molecular formula is C22H25N3O2. The van der Waals surface area contributed by atoms with E-state index in [0.717, 1.165) is 31.7 Å². The Balaban J connectivity index is 1.40. The number of imide groups is 1. The Bertz CT molecular complexity index is 816. The van der Waals surface area contributed by atoms with Gasteiger partial charge in [0, 0.05) is 38.3 Å². The van der Waals surface area contributed by atoms with E-state index in [0.29, 0.717) is 6.67 Å². The summed E-state index contributed by atoms with van der Waals surface area (Å²) in [5.41, 5.74) is 1.39. The van der Waals surface area contributed by atoms with Gasteiger partial charge in [0.15, 0.2) is 0 Å². The average Bonchev–Trinajstić information content (AvgIpc) is 2.94. The third-order valence-corrected chi connectivity index (χ3v) is 5.77. The summed E-state index contributed by atoms with van der Waals surface area (Å²) >= 11 is 0. The first-order chi connectivity index (χ1) is 13.1. The molecule has 2 aromatic carbocycles. The summed E-state index contributed by atoms with van der Waals surface area (Å²) in [7, 11) is 0. The van der Waals surface area contributed by atoms with Crippen LogP contribution in [0.15, 0.2) is 60.7 Å². The number of carbonyl (C=O) groups excluding carboxylic acids is 2. The molecule has 1 atom stereocenters. The molecule has 0 aliphatic carbocycles. The van der Waals surface area contributed by atoms with Crippen LogP contribution in [0.25, 0.3) is 0 Å². The molecule has 2 aromatic rings. The number of hydrogen-bond donors (Lipinski definition) is 0. The van der Waals surface area contributed by atoms with Gasteiger partial charge in [-0.1, -0.05) is 48.5 Å². The molecule has 0 spiro atoms. The summed E-state index contributed by atoms with van der Waals surface area (Å²) < 4.78 is 0. The minimum Gasteiger partial charge on any atom is -0.369 e. The first-order valence-electron chi connectivity index (χ1n) is 9.50. The second kappa shape index (κ2) is 7.16. The van der Waals surface area contributed by atoms with Crippen molar-refractivity contribution in [1.82, 2.24) is 9.80 Å². The lowest BCUT2D eigenvalue weighted by molar-refractivity contribution is -0.142. The van der Waals surface area contributed by atoms with Crippen LogP contribution in [0.3, 0.4) is 0 Å². The molecule has 0 saturated carbocycles. The minimum atomic E-state index is -0.746. The molecule has 2 fully saturated rings. The normalized spacial score (nSPS) is 23.9. The molecule has 2 saturated heterocycles. The zero-order valence-electron chi connectivity index (χ0n) is 15.7. The van der Waals surface area contributed by atoms with Crippen LogP contribution in [-0.4, -0.2) is 54.5 Å². The van der Waals surface area contributed by atoms with Gasteiger partial charge >= 0.3 is 0 Å². The molecule has 1 unspecified atom stereocenters. The minimum absolute atomic E-state index is 0.0724. The highest BCUT2D eigenvalue weighted by Gasteiger charge is 2.49.